The van der Waals surface area contributed by atoms with Crippen molar-refractivity contribution in [3.8, 4) is 0 Å². The lowest BCUT2D eigenvalue weighted by atomic mass is 10.2. The zero-order valence-electron chi connectivity index (χ0n) is 7.18. The zero-order chi connectivity index (χ0) is 7.94. The maximum Gasteiger partial charge on any atom is 0.0107 e. The quantitative estimate of drug-likeness (QED) is 0.477. The molecule has 1 heterocycles. The summed E-state index contributed by atoms with van der Waals surface area (Å²) in [5.41, 5.74) is 0. The van der Waals surface area contributed by atoms with E-state index in [-0.39, 0.29) is 0 Å². The first-order chi connectivity index (χ1) is 5.43. The molecule has 0 aromatic carbocycles. The van der Waals surface area contributed by atoms with E-state index in [0.29, 0.717) is 0 Å². The van der Waals surface area contributed by atoms with Gasteiger partial charge in [0.15, 0.2) is 0 Å². The van der Waals surface area contributed by atoms with Crippen molar-refractivity contribution in [1.29, 1.82) is 0 Å². The number of rotatable bonds is 4. The molecule has 11 heavy (non-hydrogen) atoms. The van der Waals surface area contributed by atoms with Crippen molar-refractivity contribution in [3.05, 3.63) is 12.7 Å². The number of unbranched alkanes of at least 4 members (excludes halogenated alkanes) is 1. The van der Waals surface area contributed by atoms with E-state index in [4.69, 9.17) is 0 Å². The van der Waals surface area contributed by atoms with E-state index in [1.54, 1.807) is 0 Å². The summed E-state index contributed by atoms with van der Waals surface area (Å²) in [4.78, 5) is 2.51. The molecule has 1 aliphatic heterocycles. The highest BCUT2D eigenvalue weighted by Crippen LogP contribution is 1.96. The number of hydrogen-bond acceptors (Lipinski definition) is 2. The zero-order valence-corrected chi connectivity index (χ0v) is 7.18. The van der Waals surface area contributed by atoms with Gasteiger partial charge in [-0.05, 0) is 19.4 Å². The van der Waals surface area contributed by atoms with Crippen LogP contribution in [0.5, 0.6) is 0 Å². The van der Waals surface area contributed by atoms with Crippen molar-refractivity contribution < 1.29 is 0 Å². The van der Waals surface area contributed by atoms with Crippen molar-refractivity contribution >= 4 is 0 Å². The van der Waals surface area contributed by atoms with Crippen LogP contribution in [-0.4, -0.2) is 37.6 Å². The summed E-state index contributed by atoms with van der Waals surface area (Å²) in [7, 11) is 0. The lowest BCUT2D eigenvalue weighted by molar-refractivity contribution is 0.239. The maximum absolute atomic E-state index is 3.71. The molecule has 64 valence electrons. The van der Waals surface area contributed by atoms with Crippen molar-refractivity contribution in [3.63, 3.8) is 0 Å². The molecule has 1 N–H and O–H groups in total. The first-order valence-electron chi connectivity index (χ1n) is 4.47. The summed E-state index contributed by atoms with van der Waals surface area (Å²) < 4.78 is 0. The Morgan fingerprint density at radius 3 is 2.73 bits per heavy atom. The van der Waals surface area contributed by atoms with Crippen molar-refractivity contribution in [2.45, 2.75) is 12.8 Å². The van der Waals surface area contributed by atoms with Gasteiger partial charge in [0.05, 0.1) is 0 Å². The van der Waals surface area contributed by atoms with Gasteiger partial charge in [0, 0.05) is 26.2 Å². The Morgan fingerprint density at radius 1 is 1.36 bits per heavy atom. The minimum absolute atomic E-state index is 1.16. The standard InChI is InChI=1S/C9H18N2/c1-2-3-4-7-11-8-5-10-6-9-11/h2,10H,1,3-9H2. The van der Waals surface area contributed by atoms with E-state index >= 15 is 0 Å². The predicted octanol–water partition coefficient (Wildman–Crippen LogP) is 0.858. The second-order valence-corrected chi connectivity index (χ2v) is 3.02. The number of hydrogen-bond donors (Lipinski definition) is 1. The summed E-state index contributed by atoms with van der Waals surface area (Å²) >= 11 is 0. The molecule has 0 spiro atoms. The van der Waals surface area contributed by atoms with Gasteiger partial charge in [-0.2, -0.15) is 0 Å². The van der Waals surface area contributed by atoms with Crippen LogP contribution in [-0.2, 0) is 0 Å². The van der Waals surface area contributed by atoms with Crippen LogP contribution in [0.3, 0.4) is 0 Å². The molecule has 1 rings (SSSR count). The molecular formula is C9H18N2. The summed E-state index contributed by atoms with van der Waals surface area (Å²) in [6.07, 6.45) is 4.43. The van der Waals surface area contributed by atoms with Gasteiger partial charge < -0.3 is 10.2 Å². The number of nitrogens with zero attached hydrogens (tertiary/aromatic N) is 1. The van der Waals surface area contributed by atoms with Gasteiger partial charge >= 0.3 is 0 Å². The third-order valence-corrected chi connectivity index (χ3v) is 2.09. The van der Waals surface area contributed by atoms with Crippen LogP contribution in [0.4, 0.5) is 0 Å². The van der Waals surface area contributed by atoms with Crippen LogP contribution < -0.4 is 5.32 Å². The Kier molecular flexibility index (Phi) is 4.24. The minimum atomic E-state index is 1.16. The van der Waals surface area contributed by atoms with Crippen molar-refractivity contribution in [2.24, 2.45) is 0 Å². The van der Waals surface area contributed by atoms with E-state index in [0.717, 1.165) is 19.5 Å². The van der Waals surface area contributed by atoms with Gasteiger partial charge in [-0.3, -0.25) is 0 Å². The first kappa shape index (κ1) is 8.75. The normalized spacial score (nSPS) is 20.0. The number of allylic oxidation sites excluding steroid dienone is 1. The molecule has 0 aliphatic carbocycles. The first-order valence-corrected chi connectivity index (χ1v) is 4.47. The fraction of sp³-hybridized carbons (Fsp3) is 0.778. The molecule has 0 unspecified atom stereocenters. The smallest absolute Gasteiger partial charge is 0.0107 e. The molecule has 0 bridgehead atoms. The topological polar surface area (TPSA) is 15.3 Å². The molecule has 0 aromatic heterocycles. The third-order valence-electron chi connectivity index (χ3n) is 2.09. The van der Waals surface area contributed by atoms with Crippen LogP contribution >= 0.6 is 0 Å². The summed E-state index contributed by atoms with van der Waals surface area (Å²) in [6, 6.07) is 0. The van der Waals surface area contributed by atoms with Crippen LogP contribution in [0.2, 0.25) is 0 Å². The molecule has 1 saturated heterocycles. The van der Waals surface area contributed by atoms with Gasteiger partial charge in [0.25, 0.3) is 0 Å². The Hall–Kier alpha value is -0.340. The molecule has 1 fully saturated rings. The fourth-order valence-corrected chi connectivity index (χ4v) is 1.39. The molecule has 2 heteroatoms. The highest BCUT2D eigenvalue weighted by atomic mass is 15.2. The minimum Gasteiger partial charge on any atom is -0.314 e. The lowest BCUT2D eigenvalue weighted by Crippen LogP contribution is -2.43. The Morgan fingerprint density at radius 2 is 2.09 bits per heavy atom. The Bertz CT molecular complexity index is 106. The SMILES string of the molecule is C=CCCCN1CCNCC1. The molecule has 0 aromatic rings. The van der Waals surface area contributed by atoms with Gasteiger partial charge in [0.1, 0.15) is 0 Å². The molecule has 0 atom stereocenters. The summed E-state index contributed by atoms with van der Waals surface area (Å²) in [5.74, 6) is 0. The highest BCUT2D eigenvalue weighted by molar-refractivity contribution is 4.70. The Labute approximate surface area is 69.3 Å². The van der Waals surface area contributed by atoms with Gasteiger partial charge in [-0.15, -0.1) is 6.58 Å². The molecule has 0 radical (unpaired) electrons. The van der Waals surface area contributed by atoms with Crippen LogP contribution in [0.15, 0.2) is 12.7 Å². The monoisotopic (exact) mass is 154 g/mol. The number of nitrogens with one attached hydrogen (secondary N) is 1. The fourth-order valence-electron chi connectivity index (χ4n) is 1.39. The molecule has 0 saturated carbocycles. The average Bonchev–Trinajstić information content (AvgIpc) is 2.07. The van der Waals surface area contributed by atoms with Crippen LogP contribution in [0.1, 0.15) is 12.8 Å². The van der Waals surface area contributed by atoms with Gasteiger partial charge in [-0.25, -0.2) is 0 Å². The second-order valence-electron chi connectivity index (χ2n) is 3.02. The summed E-state index contributed by atoms with van der Waals surface area (Å²) in [5, 5.41) is 3.34. The van der Waals surface area contributed by atoms with Crippen LogP contribution in [0, 0.1) is 0 Å². The van der Waals surface area contributed by atoms with Crippen molar-refractivity contribution in [2.75, 3.05) is 32.7 Å². The third kappa shape index (κ3) is 3.54. The average molecular weight is 154 g/mol. The second kappa shape index (κ2) is 5.33. The molecule has 0 amide bonds. The highest BCUT2D eigenvalue weighted by Gasteiger charge is 2.07. The van der Waals surface area contributed by atoms with E-state index in [2.05, 4.69) is 16.8 Å². The largest absolute Gasteiger partial charge is 0.314 e. The lowest BCUT2D eigenvalue weighted by Gasteiger charge is -2.26. The predicted molar refractivity (Wildman–Crippen MR) is 48.7 cm³/mol. The van der Waals surface area contributed by atoms with Crippen LogP contribution in [0.25, 0.3) is 0 Å². The van der Waals surface area contributed by atoms with E-state index in [1.807, 2.05) is 6.08 Å². The molecule has 1 aliphatic rings. The number of piperazine rings is 1. The molecule has 2 nitrogen and oxygen atoms in total. The van der Waals surface area contributed by atoms with E-state index in [9.17, 15) is 0 Å². The van der Waals surface area contributed by atoms with E-state index < -0.39 is 0 Å². The van der Waals surface area contributed by atoms with Gasteiger partial charge in [-0.1, -0.05) is 6.08 Å². The summed E-state index contributed by atoms with van der Waals surface area (Å²) in [6.45, 7) is 9.72. The molecular weight excluding hydrogens is 136 g/mol. The Balaban J connectivity index is 2.00. The van der Waals surface area contributed by atoms with E-state index in [1.165, 1.54) is 26.1 Å². The van der Waals surface area contributed by atoms with Gasteiger partial charge in [0.2, 0.25) is 0 Å². The van der Waals surface area contributed by atoms with Crippen molar-refractivity contribution in [1.82, 2.24) is 10.2 Å². The maximum atomic E-state index is 3.71.